The third-order valence-corrected chi connectivity index (χ3v) is 4.12. The van der Waals surface area contributed by atoms with Gasteiger partial charge in [0, 0.05) is 16.5 Å². The van der Waals surface area contributed by atoms with Gasteiger partial charge in [-0.05, 0) is 25.0 Å². The molecule has 0 saturated carbocycles. The third-order valence-electron chi connectivity index (χ3n) is 4.12. The Kier molecular flexibility index (Phi) is 4.33. The second kappa shape index (κ2) is 6.00. The van der Waals surface area contributed by atoms with Gasteiger partial charge in [0.1, 0.15) is 11.5 Å². The first-order valence-corrected chi connectivity index (χ1v) is 7.22. The van der Waals surface area contributed by atoms with Crippen LogP contribution in [0.2, 0.25) is 0 Å². The van der Waals surface area contributed by atoms with Crippen LogP contribution in [0.15, 0.2) is 48.5 Å². The molecule has 2 rings (SSSR count). The van der Waals surface area contributed by atoms with Gasteiger partial charge in [-0.25, -0.2) is 0 Å². The Bertz CT molecular complexity index is 530. The maximum absolute atomic E-state index is 10.3. The summed E-state index contributed by atoms with van der Waals surface area (Å²) in [6.07, 6.45) is 2.70. The minimum atomic E-state index is -0.342. The molecule has 2 N–H and O–H groups in total. The normalized spacial score (nSPS) is 11.5. The van der Waals surface area contributed by atoms with Gasteiger partial charge in [-0.3, -0.25) is 0 Å². The average Bonchev–Trinajstić information content (AvgIpc) is 2.46. The molecule has 0 bridgehead atoms. The number of para-hydroxylation sites is 2. The summed E-state index contributed by atoms with van der Waals surface area (Å²) in [6, 6.07) is 14.9. The van der Waals surface area contributed by atoms with Crippen LogP contribution in [0, 0.1) is 0 Å². The second-order valence-corrected chi connectivity index (χ2v) is 5.22. The highest BCUT2D eigenvalue weighted by Gasteiger charge is 2.35. The number of aromatic hydroxyl groups is 2. The molecule has 20 heavy (non-hydrogen) atoms. The molecule has 0 aliphatic carbocycles. The van der Waals surface area contributed by atoms with Crippen LogP contribution in [0.3, 0.4) is 0 Å². The summed E-state index contributed by atoms with van der Waals surface area (Å²) in [7, 11) is 0. The van der Waals surface area contributed by atoms with Crippen molar-refractivity contribution < 1.29 is 10.2 Å². The van der Waals surface area contributed by atoms with E-state index in [9.17, 15) is 10.2 Å². The van der Waals surface area contributed by atoms with Crippen molar-refractivity contribution in [1.82, 2.24) is 0 Å². The number of phenolic OH excluding ortho intramolecular Hbond substituents is 2. The molecule has 0 heterocycles. The van der Waals surface area contributed by atoms with E-state index in [1.54, 1.807) is 12.1 Å². The molecule has 0 aliphatic rings. The van der Waals surface area contributed by atoms with Crippen LogP contribution in [-0.2, 0) is 5.41 Å². The second-order valence-electron chi connectivity index (χ2n) is 5.22. The van der Waals surface area contributed by atoms with Crippen LogP contribution in [-0.4, -0.2) is 10.2 Å². The Labute approximate surface area is 120 Å². The van der Waals surface area contributed by atoms with E-state index in [0.717, 1.165) is 30.4 Å². The number of hydrogen-bond acceptors (Lipinski definition) is 2. The summed E-state index contributed by atoms with van der Waals surface area (Å²) in [5.74, 6) is 0.595. The molecule has 0 unspecified atom stereocenters. The van der Waals surface area contributed by atoms with Crippen molar-refractivity contribution in [2.45, 2.75) is 38.5 Å². The van der Waals surface area contributed by atoms with E-state index in [-0.39, 0.29) is 5.41 Å². The highest BCUT2D eigenvalue weighted by atomic mass is 16.3. The number of benzene rings is 2. The Balaban J connectivity index is 2.69. The quantitative estimate of drug-likeness (QED) is 0.834. The van der Waals surface area contributed by atoms with Crippen molar-refractivity contribution in [3.05, 3.63) is 59.7 Å². The van der Waals surface area contributed by atoms with Crippen molar-refractivity contribution >= 4 is 0 Å². The summed E-state index contributed by atoms with van der Waals surface area (Å²) >= 11 is 0. The summed E-state index contributed by atoms with van der Waals surface area (Å²) in [4.78, 5) is 0. The standard InChI is InChI=1S/C18H22O2/c1-3-13-18(4-2,14-9-5-7-11-16(14)19)15-10-6-8-12-17(15)20/h5-12,19-20H,3-4,13H2,1-2H3. The van der Waals surface area contributed by atoms with E-state index < -0.39 is 0 Å². The molecule has 0 radical (unpaired) electrons. The lowest BCUT2D eigenvalue weighted by atomic mass is 9.69. The van der Waals surface area contributed by atoms with Crippen molar-refractivity contribution in [2.75, 3.05) is 0 Å². The number of hydrogen-bond donors (Lipinski definition) is 2. The molecule has 2 nitrogen and oxygen atoms in total. The Hall–Kier alpha value is -1.96. The molecule has 106 valence electrons. The maximum atomic E-state index is 10.3. The molecule has 2 heteroatoms. The van der Waals surface area contributed by atoms with Crippen LogP contribution in [0.25, 0.3) is 0 Å². The van der Waals surface area contributed by atoms with Gasteiger partial charge < -0.3 is 10.2 Å². The van der Waals surface area contributed by atoms with Crippen LogP contribution >= 0.6 is 0 Å². The Morgan fingerprint density at radius 1 is 0.800 bits per heavy atom. The topological polar surface area (TPSA) is 40.5 Å². The zero-order valence-corrected chi connectivity index (χ0v) is 12.1. The smallest absolute Gasteiger partial charge is 0.119 e. The molecule has 2 aromatic carbocycles. The maximum Gasteiger partial charge on any atom is 0.119 e. The molecule has 0 spiro atoms. The van der Waals surface area contributed by atoms with E-state index in [1.807, 2.05) is 36.4 Å². The summed E-state index contributed by atoms with van der Waals surface area (Å²) in [6.45, 7) is 4.24. The SMILES string of the molecule is CCCC(CC)(c1ccccc1O)c1ccccc1O. The van der Waals surface area contributed by atoms with Gasteiger partial charge in [0.05, 0.1) is 0 Å². The molecular formula is C18H22O2. The van der Waals surface area contributed by atoms with Gasteiger partial charge in [0.25, 0.3) is 0 Å². The third kappa shape index (κ3) is 2.38. The molecular weight excluding hydrogens is 248 g/mol. The van der Waals surface area contributed by atoms with Gasteiger partial charge in [-0.15, -0.1) is 0 Å². The predicted molar refractivity (Wildman–Crippen MR) is 82.2 cm³/mol. The first-order valence-electron chi connectivity index (χ1n) is 7.22. The lowest BCUT2D eigenvalue weighted by Gasteiger charge is -2.35. The first kappa shape index (κ1) is 14.4. The van der Waals surface area contributed by atoms with E-state index in [0.29, 0.717) is 11.5 Å². The largest absolute Gasteiger partial charge is 0.508 e. The predicted octanol–water partition coefficient (Wildman–Crippen LogP) is 4.59. The molecule has 0 atom stereocenters. The van der Waals surface area contributed by atoms with Crippen LogP contribution < -0.4 is 0 Å². The molecule has 2 aromatic rings. The van der Waals surface area contributed by atoms with E-state index >= 15 is 0 Å². The van der Waals surface area contributed by atoms with Crippen molar-refractivity contribution in [3.63, 3.8) is 0 Å². The highest BCUT2D eigenvalue weighted by molar-refractivity contribution is 5.50. The van der Waals surface area contributed by atoms with Crippen molar-refractivity contribution in [1.29, 1.82) is 0 Å². The minimum absolute atomic E-state index is 0.297. The lowest BCUT2D eigenvalue weighted by molar-refractivity contribution is 0.386. The van der Waals surface area contributed by atoms with Gasteiger partial charge in [-0.2, -0.15) is 0 Å². The van der Waals surface area contributed by atoms with Crippen molar-refractivity contribution in [2.24, 2.45) is 0 Å². The van der Waals surface area contributed by atoms with E-state index in [4.69, 9.17) is 0 Å². The summed E-state index contributed by atoms with van der Waals surface area (Å²) in [5, 5.41) is 20.5. The van der Waals surface area contributed by atoms with Crippen molar-refractivity contribution in [3.8, 4) is 11.5 Å². The van der Waals surface area contributed by atoms with Crippen LogP contribution in [0.1, 0.15) is 44.2 Å². The zero-order chi connectivity index (χ0) is 14.6. The number of rotatable bonds is 5. The van der Waals surface area contributed by atoms with Crippen LogP contribution in [0.5, 0.6) is 11.5 Å². The lowest BCUT2D eigenvalue weighted by Crippen LogP contribution is -2.27. The van der Waals surface area contributed by atoms with Gasteiger partial charge in [0.15, 0.2) is 0 Å². The fourth-order valence-corrected chi connectivity index (χ4v) is 3.16. The average molecular weight is 270 g/mol. The molecule has 0 fully saturated rings. The Morgan fingerprint density at radius 3 is 1.60 bits per heavy atom. The summed E-state index contributed by atoms with van der Waals surface area (Å²) in [5.41, 5.74) is 1.45. The summed E-state index contributed by atoms with van der Waals surface area (Å²) < 4.78 is 0. The monoisotopic (exact) mass is 270 g/mol. The highest BCUT2D eigenvalue weighted by Crippen LogP contribution is 2.46. The fourth-order valence-electron chi connectivity index (χ4n) is 3.16. The van der Waals surface area contributed by atoms with E-state index in [2.05, 4.69) is 13.8 Å². The number of phenols is 2. The molecule has 0 aromatic heterocycles. The minimum Gasteiger partial charge on any atom is -0.508 e. The Morgan fingerprint density at radius 2 is 1.25 bits per heavy atom. The van der Waals surface area contributed by atoms with Gasteiger partial charge in [-0.1, -0.05) is 56.7 Å². The van der Waals surface area contributed by atoms with Gasteiger partial charge in [0.2, 0.25) is 0 Å². The fraction of sp³-hybridized carbons (Fsp3) is 0.333. The zero-order valence-electron chi connectivity index (χ0n) is 12.1. The van der Waals surface area contributed by atoms with Gasteiger partial charge >= 0.3 is 0 Å². The van der Waals surface area contributed by atoms with Crippen LogP contribution in [0.4, 0.5) is 0 Å². The molecule has 0 amide bonds. The van der Waals surface area contributed by atoms with E-state index in [1.165, 1.54) is 0 Å². The molecule has 0 aliphatic heterocycles. The first-order chi connectivity index (χ1) is 9.65. The molecule has 0 saturated heterocycles.